The molecule has 0 saturated carbocycles. The van der Waals surface area contributed by atoms with Crippen LogP contribution >= 0.6 is 15.9 Å². The van der Waals surface area contributed by atoms with Gasteiger partial charge in [0.15, 0.2) is 10.4 Å². The van der Waals surface area contributed by atoms with Crippen molar-refractivity contribution in [1.29, 1.82) is 0 Å². The number of aromatic nitrogens is 2. The first-order valence-electron chi connectivity index (χ1n) is 11.2. The molecule has 0 atom stereocenters. The molecule has 2 aromatic heterocycles. The molecule has 0 aliphatic rings. The van der Waals surface area contributed by atoms with E-state index >= 15 is 0 Å². The molecule has 0 spiro atoms. The van der Waals surface area contributed by atoms with E-state index in [9.17, 15) is 4.79 Å². The van der Waals surface area contributed by atoms with E-state index in [2.05, 4.69) is 26.5 Å². The first-order chi connectivity index (χ1) is 17.7. The van der Waals surface area contributed by atoms with Crippen LogP contribution in [0.25, 0.3) is 16.9 Å². The van der Waals surface area contributed by atoms with Crippen molar-refractivity contribution >= 4 is 28.1 Å². The maximum absolute atomic E-state index is 12.3. The molecule has 1 N–H and O–H groups in total. The van der Waals surface area contributed by atoms with Gasteiger partial charge in [0.25, 0.3) is 0 Å². The fourth-order valence-electron chi connectivity index (χ4n) is 3.52. The number of amides is 1. The van der Waals surface area contributed by atoms with Gasteiger partial charge in [0, 0.05) is 17.3 Å². The minimum absolute atomic E-state index is 0.158. The molecule has 5 aromatic rings. The summed E-state index contributed by atoms with van der Waals surface area (Å²) in [5, 5.41) is 8.90. The second-order valence-corrected chi connectivity index (χ2v) is 8.60. The number of hydrazone groups is 1. The molecule has 1 amide bonds. The maximum Gasteiger partial charge on any atom is 0.307 e. The lowest BCUT2D eigenvalue weighted by molar-refractivity contribution is 0.0926. The number of ether oxygens (including phenoxy) is 1. The van der Waals surface area contributed by atoms with Crippen molar-refractivity contribution in [3.05, 3.63) is 125 Å². The molecular formula is C28H21BrN4O3. The van der Waals surface area contributed by atoms with E-state index in [1.807, 2.05) is 91.1 Å². The minimum Gasteiger partial charge on any atom is -0.489 e. The van der Waals surface area contributed by atoms with E-state index < -0.39 is 5.91 Å². The van der Waals surface area contributed by atoms with Crippen LogP contribution in [0.2, 0.25) is 0 Å². The summed E-state index contributed by atoms with van der Waals surface area (Å²) in [6, 6.07) is 30.7. The predicted octanol–water partition coefficient (Wildman–Crippen LogP) is 6.24. The lowest BCUT2D eigenvalue weighted by Gasteiger charge is -2.07. The van der Waals surface area contributed by atoms with E-state index in [-0.39, 0.29) is 5.76 Å². The Balaban J connectivity index is 1.37. The molecule has 0 aliphatic carbocycles. The summed E-state index contributed by atoms with van der Waals surface area (Å²) in [7, 11) is 0. The van der Waals surface area contributed by atoms with E-state index in [1.54, 1.807) is 23.0 Å². The zero-order valence-corrected chi connectivity index (χ0v) is 20.6. The number of nitrogens with one attached hydrogen (secondary N) is 1. The standard InChI is InChI=1S/C28H21BrN4O3/c29-26-16-15-25(36-26)28(34)31-30-17-22-18-33(23-9-5-2-6-10-23)32-27(22)21-11-13-24(14-12-21)35-19-20-7-3-1-4-8-20/h1-18H,19H2,(H,31,34)/b30-17-. The van der Waals surface area contributed by atoms with Crippen molar-refractivity contribution in [2.45, 2.75) is 6.61 Å². The monoisotopic (exact) mass is 540 g/mol. The maximum atomic E-state index is 12.3. The van der Waals surface area contributed by atoms with Crippen LogP contribution < -0.4 is 10.2 Å². The number of nitrogens with zero attached hydrogens (tertiary/aromatic N) is 3. The lowest BCUT2D eigenvalue weighted by atomic mass is 10.1. The Hall–Kier alpha value is -4.43. The van der Waals surface area contributed by atoms with Gasteiger partial charge in [-0.1, -0.05) is 48.5 Å². The molecule has 8 heteroatoms. The SMILES string of the molecule is O=C(N/N=C\c1cn(-c2ccccc2)nc1-c1ccc(OCc2ccccc2)cc1)c1ccc(Br)o1. The Morgan fingerprint density at radius 2 is 1.69 bits per heavy atom. The molecule has 3 aromatic carbocycles. The van der Waals surface area contributed by atoms with Gasteiger partial charge in [-0.3, -0.25) is 4.79 Å². The summed E-state index contributed by atoms with van der Waals surface area (Å²) >= 11 is 3.19. The summed E-state index contributed by atoms with van der Waals surface area (Å²) in [5.41, 5.74) is 6.84. The number of furan rings is 1. The number of para-hydroxylation sites is 1. The summed E-state index contributed by atoms with van der Waals surface area (Å²) in [4.78, 5) is 12.3. The second-order valence-electron chi connectivity index (χ2n) is 7.81. The number of halogens is 1. The fourth-order valence-corrected chi connectivity index (χ4v) is 3.83. The quantitative estimate of drug-likeness (QED) is 0.186. The van der Waals surface area contributed by atoms with Gasteiger partial charge in [0.1, 0.15) is 18.1 Å². The molecule has 2 heterocycles. The fraction of sp³-hybridized carbons (Fsp3) is 0.0357. The molecule has 0 aliphatic heterocycles. The Labute approximate surface area is 216 Å². The number of carbonyl (C=O) groups excluding carboxylic acids is 1. The topological polar surface area (TPSA) is 81.7 Å². The number of hydrogen-bond donors (Lipinski definition) is 1. The summed E-state index contributed by atoms with van der Waals surface area (Å²) in [5.74, 6) is 0.469. The zero-order chi connectivity index (χ0) is 24.7. The number of benzene rings is 3. The van der Waals surface area contributed by atoms with Gasteiger partial charge in [0.2, 0.25) is 0 Å². The number of rotatable bonds is 8. The molecule has 0 bridgehead atoms. The first-order valence-corrected chi connectivity index (χ1v) is 12.0. The molecular weight excluding hydrogens is 520 g/mol. The summed E-state index contributed by atoms with van der Waals surface area (Å²) in [6.45, 7) is 0.493. The van der Waals surface area contributed by atoms with Crippen molar-refractivity contribution in [3.63, 3.8) is 0 Å². The number of carbonyl (C=O) groups is 1. The Morgan fingerprint density at radius 1 is 0.972 bits per heavy atom. The third-order valence-electron chi connectivity index (χ3n) is 5.31. The highest BCUT2D eigenvalue weighted by atomic mass is 79.9. The molecule has 7 nitrogen and oxygen atoms in total. The van der Waals surface area contributed by atoms with Gasteiger partial charge < -0.3 is 9.15 Å². The highest BCUT2D eigenvalue weighted by Gasteiger charge is 2.13. The van der Waals surface area contributed by atoms with Gasteiger partial charge in [-0.05, 0) is 70.0 Å². The highest BCUT2D eigenvalue weighted by Crippen LogP contribution is 2.25. The Kier molecular flexibility index (Phi) is 7.05. The molecule has 0 unspecified atom stereocenters. The van der Waals surface area contributed by atoms with Crippen LogP contribution in [0.15, 0.2) is 117 Å². The van der Waals surface area contributed by atoms with Gasteiger partial charge in [-0.15, -0.1) is 0 Å². The first kappa shape index (κ1) is 23.3. The highest BCUT2D eigenvalue weighted by molar-refractivity contribution is 9.10. The van der Waals surface area contributed by atoms with E-state index in [0.717, 1.165) is 28.1 Å². The number of hydrogen-bond acceptors (Lipinski definition) is 5. The zero-order valence-electron chi connectivity index (χ0n) is 19.0. The van der Waals surface area contributed by atoms with Crippen molar-refractivity contribution < 1.29 is 13.9 Å². The average Bonchev–Trinajstić information content (AvgIpc) is 3.55. The lowest BCUT2D eigenvalue weighted by Crippen LogP contribution is -2.16. The predicted molar refractivity (Wildman–Crippen MR) is 141 cm³/mol. The summed E-state index contributed by atoms with van der Waals surface area (Å²) in [6.07, 6.45) is 3.43. The van der Waals surface area contributed by atoms with E-state index in [1.165, 1.54) is 0 Å². The summed E-state index contributed by atoms with van der Waals surface area (Å²) < 4.78 is 13.4. The van der Waals surface area contributed by atoms with Crippen LogP contribution in [0.5, 0.6) is 5.75 Å². The van der Waals surface area contributed by atoms with Crippen molar-refractivity contribution in [2.75, 3.05) is 0 Å². The van der Waals surface area contributed by atoms with Gasteiger partial charge >= 0.3 is 5.91 Å². The van der Waals surface area contributed by atoms with Crippen LogP contribution in [-0.4, -0.2) is 21.9 Å². The molecule has 178 valence electrons. The van der Waals surface area contributed by atoms with E-state index in [4.69, 9.17) is 14.3 Å². The van der Waals surface area contributed by atoms with E-state index in [0.29, 0.717) is 17.0 Å². The van der Waals surface area contributed by atoms with Crippen LogP contribution in [0.4, 0.5) is 0 Å². The molecule has 36 heavy (non-hydrogen) atoms. The smallest absolute Gasteiger partial charge is 0.307 e. The molecule has 0 saturated heterocycles. The largest absolute Gasteiger partial charge is 0.489 e. The van der Waals surface area contributed by atoms with Crippen molar-refractivity contribution in [1.82, 2.24) is 15.2 Å². The normalized spacial score (nSPS) is 11.0. The minimum atomic E-state index is -0.450. The Bertz CT molecular complexity index is 1480. The van der Waals surface area contributed by atoms with Crippen LogP contribution in [-0.2, 0) is 6.61 Å². The molecule has 5 rings (SSSR count). The van der Waals surface area contributed by atoms with Gasteiger partial charge in [-0.25, -0.2) is 10.1 Å². The van der Waals surface area contributed by atoms with Crippen molar-refractivity contribution in [3.8, 4) is 22.7 Å². The molecule has 0 fully saturated rings. The van der Waals surface area contributed by atoms with Gasteiger partial charge in [-0.2, -0.15) is 10.2 Å². The van der Waals surface area contributed by atoms with Crippen LogP contribution in [0.1, 0.15) is 21.7 Å². The van der Waals surface area contributed by atoms with Crippen LogP contribution in [0.3, 0.4) is 0 Å². The average molecular weight is 541 g/mol. The molecule has 0 radical (unpaired) electrons. The third-order valence-corrected chi connectivity index (χ3v) is 5.73. The Morgan fingerprint density at radius 3 is 2.39 bits per heavy atom. The van der Waals surface area contributed by atoms with Crippen LogP contribution in [0, 0.1) is 0 Å². The van der Waals surface area contributed by atoms with Crippen molar-refractivity contribution in [2.24, 2.45) is 5.10 Å². The second kappa shape index (κ2) is 10.9. The third kappa shape index (κ3) is 5.61. The van der Waals surface area contributed by atoms with Gasteiger partial charge in [0.05, 0.1) is 11.9 Å².